The number of rotatable bonds is 6. The summed E-state index contributed by atoms with van der Waals surface area (Å²) in [5.41, 5.74) is 0.919. The van der Waals surface area contributed by atoms with E-state index in [1.54, 1.807) is 7.11 Å². The normalized spacial score (nSPS) is 14.9. The number of hydrogen-bond donors (Lipinski definition) is 2. The molecule has 0 aliphatic heterocycles. The van der Waals surface area contributed by atoms with E-state index in [4.69, 9.17) is 4.74 Å². The molecule has 0 aromatic heterocycles. The quantitative estimate of drug-likeness (QED) is 0.817. The van der Waals surface area contributed by atoms with Crippen molar-refractivity contribution < 1.29 is 9.84 Å². The molecule has 0 saturated carbocycles. The molecule has 0 spiro atoms. The lowest BCUT2D eigenvalue weighted by atomic mass is 9.93. The molecule has 0 aliphatic rings. The van der Waals surface area contributed by atoms with E-state index in [1.807, 2.05) is 24.3 Å². The molecule has 18 heavy (non-hydrogen) atoms. The maximum Gasteiger partial charge on any atom is 0.118 e. The second kappa shape index (κ2) is 6.76. The summed E-state index contributed by atoms with van der Waals surface area (Å²) in [7, 11) is 1.64. The zero-order valence-electron chi connectivity index (χ0n) is 12.0. The maximum absolute atomic E-state index is 10.5. The minimum absolute atomic E-state index is 0.0541. The molecule has 2 N–H and O–H groups in total. The van der Waals surface area contributed by atoms with Crippen molar-refractivity contribution in [3.8, 4) is 5.75 Å². The highest BCUT2D eigenvalue weighted by Crippen LogP contribution is 2.24. The van der Waals surface area contributed by atoms with E-state index in [0.29, 0.717) is 12.0 Å². The van der Waals surface area contributed by atoms with Gasteiger partial charge in [0.05, 0.1) is 13.2 Å². The molecule has 0 saturated heterocycles. The zero-order chi connectivity index (χ0) is 13.7. The van der Waals surface area contributed by atoms with Gasteiger partial charge in [-0.15, -0.1) is 0 Å². The smallest absolute Gasteiger partial charge is 0.118 e. The van der Waals surface area contributed by atoms with Crippen LogP contribution in [0.3, 0.4) is 0 Å². The third-order valence-corrected chi connectivity index (χ3v) is 3.04. The van der Waals surface area contributed by atoms with Gasteiger partial charge in [0.2, 0.25) is 0 Å². The first kappa shape index (κ1) is 15.0. The van der Waals surface area contributed by atoms with Crippen LogP contribution in [0.1, 0.15) is 39.4 Å². The molecule has 0 heterocycles. The van der Waals surface area contributed by atoms with E-state index in [0.717, 1.165) is 11.3 Å². The first-order chi connectivity index (χ1) is 8.45. The zero-order valence-corrected chi connectivity index (χ0v) is 12.0. The third-order valence-electron chi connectivity index (χ3n) is 3.04. The van der Waals surface area contributed by atoms with Crippen molar-refractivity contribution in [2.75, 3.05) is 7.11 Å². The SMILES string of the molecule is COc1ccc(C(O)C(NC(C)C)C(C)C)cc1. The molecule has 2 atom stereocenters. The Morgan fingerprint density at radius 3 is 2.00 bits per heavy atom. The molecule has 1 aromatic rings. The summed E-state index contributed by atoms with van der Waals surface area (Å²) in [6, 6.07) is 8.00. The summed E-state index contributed by atoms with van der Waals surface area (Å²) in [5.74, 6) is 1.17. The fraction of sp³-hybridized carbons (Fsp3) is 0.600. The van der Waals surface area contributed by atoms with E-state index < -0.39 is 6.10 Å². The molecular weight excluding hydrogens is 226 g/mol. The number of ether oxygens (including phenoxy) is 1. The Kier molecular flexibility index (Phi) is 5.63. The summed E-state index contributed by atoms with van der Waals surface area (Å²) in [5, 5.41) is 13.9. The van der Waals surface area contributed by atoms with Crippen LogP contribution in [0.15, 0.2) is 24.3 Å². The van der Waals surface area contributed by atoms with E-state index in [2.05, 4.69) is 33.0 Å². The average molecular weight is 251 g/mol. The molecule has 3 heteroatoms. The molecule has 1 rings (SSSR count). The highest BCUT2D eigenvalue weighted by atomic mass is 16.5. The van der Waals surface area contributed by atoms with Gasteiger partial charge < -0.3 is 15.2 Å². The highest BCUT2D eigenvalue weighted by molar-refractivity contribution is 5.29. The van der Waals surface area contributed by atoms with Crippen LogP contribution >= 0.6 is 0 Å². The Bertz CT molecular complexity index is 346. The molecule has 3 nitrogen and oxygen atoms in total. The van der Waals surface area contributed by atoms with Gasteiger partial charge in [-0.1, -0.05) is 39.8 Å². The molecule has 102 valence electrons. The Labute approximate surface area is 110 Å². The Balaban J connectivity index is 2.83. The summed E-state index contributed by atoms with van der Waals surface area (Å²) >= 11 is 0. The minimum atomic E-state index is -0.502. The van der Waals surface area contributed by atoms with Gasteiger partial charge in [0.15, 0.2) is 0 Å². The molecule has 0 fully saturated rings. The Morgan fingerprint density at radius 2 is 1.61 bits per heavy atom. The van der Waals surface area contributed by atoms with Crippen LogP contribution < -0.4 is 10.1 Å². The molecular formula is C15H25NO2. The van der Waals surface area contributed by atoms with Gasteiger partial charge in [-0.2, -0.15) is 0 Å². The number of nitrogens with one attached hydrogen (secondary N) is 1. The second-order valence-electron chi connectivity index (χ2n) is 5.31. The van der Waals surface area contributed by atoms with Crippen molar-refractivity contribution in [3.63, 3.8) is 0 Å². The Hall–Kier alpha value is -1.06. The fourth-order valence-corrected chi connectivity index (χ4v) is 2.04. The van der Waals surface area contributed by atoms with E-state index in [9.17, 15) is 5.11 Å². The van der Waals surface area contributed by atoms with Crippen molar-refractivity contribution in [2.24, 2.45) is 5.92 Å². The molecule has 0 aliphatic carbocycles. The topological polar surface area (TPSA) is 41.5 Å². The molecule has 2 unspecified atom stereocenters. The summed E-state index contributed by atoms with van der Waals surface area (Å²) in [6.07, 6.45) is -0.502. The van der Waals surface area contributed by atoms with Crippen LogP contribution in [0.25, 0.3) is 0 Å². The van der Waals surface area contributed by atoms with E-state index in [-0.39, 0.29) is 6.04 Å². The van der Waals surface area contributed by atoms with Crippen molar-refractivity contribution >= 4 is 0 Å². The number of benzene rings is 1. The lowest BCUT2D eigenvalue weighted by Gasteiger charge is -2.29. The highest BCUT2D eigenvalue weighted by Gasteiger charge is 2.24. The fourth-order valence-electron chi connectivity index (χ4n) is 2.04. The van der Waals surface area contributed by atoms with Crippen molar-refractivity contribution in [3.05, 3.63) is 29.8 Å². The number of hydrogen-bond acceptors (Lipinski definition) is 3. The van der Waals surface area contributed by atoms with Crippen LogP contribution in [-0.2, 0) is 0 Å². The maximum atomic E-state index is 10.5. The lowest BCUT2D eigenvalue weighted by Crippen LogP contribution is -2.42. The number of methoxy groups -OCH3 is 1. The predicted molar refractivity (Wildman–Crippen MR) is 74.9 cm³/mol. The van der Waals surface area contributed by atoms with Gasteiger partial charge in [-0.3, -0.25) is 0 Å². The van der Waals surface area contributed by atoms with Crippen LogP contribution in [0, 0.1) is 5.92 Å². The first-order valence-electron chi connectivity index (χ1n) is 6.53. The van der Waals surface area contributed by atoms with Crippen LogP contribution in [0.2, 0.25) is 0 Å². The summed E-state index contributed by atoms with van der Waals surface area (Å²) in [6.45, 7) is 8.42. The lowest BCUT2D eigenvalue weighted by molar-refractivity contribution is 0.100. The van der Waals surface area contributed by atoms with Crippen LogP contribution in [-0.4, -0.2) is 24.3 Å². The van der Waals surface area contributed by atoms with Crippen molar-refractivity contribution in [2.45, 2.75) is 45.9 Å². The van der Waals surface area contributed by atoms with Crippen molar-refractivity contribution in [1.29, 1.82) is 0 Å². The van der Waals surface area contributed by atoms with E-state index >= 15 is 0 Å². The van der Waals surface area contributed by atoms with Gasteiger partial charge in [0.1, 0.15) is 5.75 Å². The van der Waals surface area contributed by atoms with Crippen molar-refractivity contribution in [1.82, 2.24) is 5.32 Å². The second-order valence-corrected chi connectivity index (χ2v) is 5.31. The molecule has 0 bridgehead atoms. The number of aliphatic hydroxyl groups is 1. The van der Waals surface area contributed by atoms with Gasteiger partial charge in [-0.25, -0.2) is 0 Å². The largest absolute Gasteiger partial charge is 0.497 e. The summed E-state index contributed by atoms with van der Waals surface area (Å²) < 4.78 is 5.12. The first-order valence-corrected chi connectivity index (χ1v) is 6.53. The Morgan fingerprint density at radius 1 is 1.06 bits per heavy atom. The van der Waals surface area contributed by atoms with Crippen LogP contribution in [0.4, 0.5) is 0 Å². The average Bonchev–Trinajstić information content (AvgIpc) is 2.34. The van der Waals surface area contributed by atoms with Gasteiger partial charge >= 0.3 is 0 Å². The van der Waals surface area contributed by atoms with Gasteiger partial charge in [0.25, 0.3) is 0 Å². The predicted octanol–water partition coefficient (Wildman–Crippen LogP) is 2.75. The molecule has 0 amide bonds. The van der Waals surface area contributed by atoms with Gasteiger partial charge in [0, 0.05) is 12.1 Å². The van der Waals surface area contributed by atoms with Gasteiger partial charge in [-0.05, 0) is 23.6 Å². The standard InChI is InChI=1S/C15H25NO2/c1-10(2)14(16-11(3)4)15(17)12-6-8-13(18-5)9-7-12/h6-11,14-17H,1-5H3. The third kappa shape index (κ3) is 4.00. The molecule has 1 aromatic carbocycles. The number of aliphatic hydroxyl groups excluding tert-OH is 1. The van der Waals surface area contributed by atoms with Crippen LogP contribution in [0.5, 0.6) is 5.75 Å². The van der Waals surface area contributed by atoms with E-state index in [1.165, 1.54) is 0 Å². The minimum Gasteiger partial charge on any atom is -0.497 e. The molecule has 0 radical (unpaired) electrons. The monoisotopic (exact) mass is 251 g/mol. The summed E-state index contributed by atoms with van der Waals surface area (Å²) in [4.78, 5) is 0.